The number of hydrogen-bond donors (Lipinski definition) is 11. The Balaban J connectivity index is 1.28. The van der Waals surface area contributed by atoms with Crippen LogP contribution >= 0.6 is 0 Å². The number of fused-ring (bicyclic) bond motifs is 1. The summed E-state index contributed by atoms with van der Waals surface area (Å²) in [6, 6.07) is 9.31. The normalized spacial score (nSPS) is 27.7. The van der Waals surface area contributed by atoms with E-state index in [9.17, 15) is 65.8 Å². The van der Waals surface area contributed by atoms with Crippen LogP contribution < -0.4 is 14.9 Å². The summed E-state index contributed by atoms with van der Waals surface area (Å²) < 4.78 is 39.0. The molecule has 20 nitrogen and oxygen atoms in total. The first-order valence-electron chi connectivity index (χ1n) is 17.0. The molecule has 2 aliphatic rings. The van der Waals surface area contributed by atoms with Gasteiger partial charge in [0.25, 0.3) is 0 Å². The fourth-order valence-electron chi connectivity index (χ4n) is 6.14. The van der Waals surface area contributed by atoms with E-state index in [1.807, 2.05) is 0 Å². The predicted octanol–water partition coefficient (Wildman–Crippen LogP) is -0.736. The molecule has 10 unspecified atom stereocenters. The van der Waals surface area contributed by atoms with Gasteiger partial charge in [-0.15, -0.1) is 0 Å². The van der Waals surface area contributed by atoms with Gasteiger partial charge in [-0.05, 0) is 42.0 Å². The third-order valence-electron chi connectivity index (χ3n) is 9.18. The van der Waals surface area contributed by atoms with Crippen molar-refractivity contribution in [3.63, 3.8) is 0 Å². The Morgan fingerprint density at radius 2 is 1.47 bits per heavy atom. The molecule has 0 radical (unpaired) electrons. The molecule has 1 aromatic heterocycles. The zero-order valence-electron chi connectivity index (χ0n) is 29.6. The number of phenols is 5. The Morgan fingerprint density at radius 3 is 2.18 bits per heavy atom. The van der Waals surface area contributed by atoms with Gasteiger partial charge in [-0.3, -0.25) is 4.79 Å². The highest BCUT2D eigenvalue weighted by atomic mass is 16.8. The second-order valence-corrected chi connectivity index (χ2v) is 13.0. The van der Waals surface area contributed by atoms with Gasteiger partial charge in [0.05, 0.1) is 13.7 Å². The van der Waals surface area contributed by atoms with E-state index < -0.39 is 126 Å². The Hall–Kier alpha value is -5.68. The lowest BCUT2D eigenvalue weighted by Crippen LogP contribution is -2.65. The number of hydrogen-bond acceptors (Lipinski definition) is 20. The molecule has 57 heavy (non-hydrogen) atoms. The monoisotopic (exact) mass is 802 g/mol. The second kappa shape index (κ2) is 16.8. The molecule has 10 atom stereocenters. The van der Waals surface area contributed by atoms with E-state index in [2.05, 4.69) is 0 Å². The Kier molecular flexibility index (Phi) is 12.1. The van der Waals surface area contributed by atoms with Crippen molar-refractivity contribution in [3.05, 3.63) is 70.4 Å². The molecule has 3 heterocycles. The summed E-state index contributed by atoms with van der Waals surface area (Å²) in [7, 11) is 1.34. The van der Waals surface area contributed by atoms with Crippen LogP contribution in [0.2, 0.25) is 0 Å². The van der Waals surface area contributed by atoms with Crippen molar-refractivity contribution in [1.82, 2.24) is 0 Å². The summed E-state index contributed by atoms with van der Waals surface area (Å²) in [5.74, 6) is -4.65. The molecule has 0 bridgehead atoms. The molecular formula is C37H38O20. The van der Waals surface area contributed by atoms with E-state index in [0.29, 0.717) is 5.56 Å². The van der Waals surface area contributed by atoms with Crippen molar-refractivity contribution in [1.29, 1.82) is 0 Å². The van der Waals surface area contributed by atoms with Crippen molar-refractivity contribution < 1.29 is 93.8 Å². The van der Waals surface area contributed by atoms with Crippen LogP contribution in [0.4, 0.5) is 0 Å². The first kappa shape index (κ1) is 41.0. The van der Waals surface area contributed by atoms with Gasteiger partial charge in [-0.25, -0.2) is 4.79 Å². The highest BCUT2D eigenvalue weighted by Gasteiger charge is 2.52. The molecule has 6 rings (SSSR count). The highest BCUT2D eigenvalue weighted by Crippen LogP contribution is 2.40. The molecule has 2 aliphatic heterocycles. The maximum atomic E-state index is 14.0. The lowest BCUT2D eigenvalue weighted by Gasteiger charge is -2.45. The maximum absolute atomic E-state index is 14.0. The quantitative estimate of drug-likeness (QED) is 0.0505. The van der Waals surface area contributed by atoms with E-state index in [4.69, 9.17) is 32.8 Å². The molecule has 0 amide bonds. The van der Waals surface area contributed by atoms with Crippen molar-refractivity contribution >= 4 is 23.0 Å². The molecule has 20 heteroatoms. The van der Waals surface area contributed by atoms with Crippen LogP contribution in [0, 0.1) is 0 Å². The van der Waals surface area contributed by atoms with E-state index >= 15 is 0 Å². The summed E-state index contributed by atoms with van der Waals surface area (Å²) >= 11 is 0. The van der Waals surface area contributed by atoms with Gasteiger partial charge in [-0.2, -0.15) is 0 Å². The second-order valence-electron chi connectivity index (χ2n) is 13.0. The SMILES string of the molecule is COc1cc(C=CC(=O)OCC2OC(OC3C(Oc4c(-c5ccc(O)c(O)c5)oc5cc(O)cc(O)c5c4=O)OC(CO)C(O)C3O)C(O)C(O)C2O)ccc1O. The van der Waals surface area contributed by atoms with Crippen LogP contribution in [-0.4, -0.2) is 144 Å². The van der Waals surface area contributed by atoms with Crippen molar-refractivity contribution in [2.24, 2.45) is 0 Å². The molecule has 0 aliphatic carbocycles. The summed E-state index contributed by atoms with van der Waals surface area (Å²) in [6.07, 6.45) is -16.7. The largest absolute Gasteiger partial charge is 0.508 e. The van der Waals surface area contributed by atoms with E-state index in [0.717, 1.165) is 30.3 Å². The van der Waals surface area contributed by atoms with Gasteiger partial charge < -0.3 is 89.0 Å². The number of rotatable bonds is 11. The number of phenolic OH excluding ortho intramolecular Hbond substituents is 5. The van der Waals surface area contributed by atoms with Crippen LogP contribution in [0.3, 0.4) is 0 Å². The van der Waals surface area contributed by atoms with Gasteiger partial charge in [0.15, 0.2) is 41.2 Å². The predicted molar refractivity (Wildman–Crippen MR) is 189 cm³/mol. The minimum absolute atomic E-state index is 0.104. The fourth-order valence-corrected chi connectivity index (χ4v) is 6.14. The van der Waals surface area contributed by atoms with Crippen LogP contribution in [-0.2, 0) is 23.7 Å². The smallest absolute Gasteiger partial charge is 0.330 e. The number of carbonyl (C=O) groups is 1. The molecule has 0 saturated carbocycles. The average molecular weight is 803 g/mol. The minimum Gasteiger partial charge on any atom is -0.508 e. The average Bonchev–Trinajstić information content (AvgIpc) is 3.18. The van der Waals surface area contributed by atoms with Crippen LogP contribution in [0.1, 0.15) is 5.56 Å². The maximum Gasteiger partial charge on any atom is 0.330 e. The van der Waals surface area contributed by atoms with Crippen LogP contribution in [0.15, 0.2) is 63.8 Å². The van der Waals surface area contributed by atoms with E-state index in [1.54, 1.807) is 0 Å². The molecular weight excluding hydrogens is 764 g/mol. The third-order valence-corrected chi connectivity index (χ3v) is 9.18. The standard InChI is InChI=1S/C37H38O20/c1-51-21-8-14(2-5-18(21)41)3-7-25(44)52-13-24-28(46)30(48)32(50)36(55-24)57-35-31(49)27(45)23(12-38)54-37(35)56-34-29(47)26-20(43)10-16(39)11-22(26)53-33(34)15-4-6-17(40)19(42)9-15/h2-11,23-24,27-28,30-32,35-43,45-46,48-50H,12-13H2,1H3. The number of esters is 1. The minimum atomic E-state index is -2.07. The van der Waals surface area contributed by atoms with E-state index in [1.165, 1.54) is 37.5 Å². The van der Waals surface area contributed by atoms with Crippen molar-refractivity contribution in [2.75, 3.05) is 20.3 Å². The van der Waals surface area contributed by atoms with Gasteiger partial charge in [-0.1, -0.05) is 6.07 Å². The van der Waals surface area contributed by atoms with Gasteiger partial charge >= 0.3 is 5.97 Å². The Labute approximate surface area is 320 Å². The number of aromatic hydroxyl groups is 5. The molecule has 306 valence electrons. The molecule has 3 aromatic carbocycles. The zero-order chi connectivity index (χ0) is 41.3. The molecule has 2 saturated heterocycles. The first-order valence-corrected chi connectivity index (χ1v) is 17.0. The first-order chi connectivity index (χ1) is 27.1. The summed E-state index contributed by atoms with van der Waals surface area (Å²) in [4.78, 5) is 26.5. The van der Waals surface area contributed by atoms with Crippen molar-refractivity contribution in [3.8, 4) is 51.6 Å². The highest BCUT2D eigenvalue weighted by molar-refractivity contribution is 5.88. The number of benzene rings is 3. The van der Waals surface area contributed by atoms with Crippen LogP contribution in [0.5, 0.6) is 40.2 Å². The lowest BCUT2D eigenvalue weighted by atomic mass is 9.97. The Morgan fingerprint density at radius 1 is 0.772 bits per heavy atom. The topological polar surface area (TPSA) is 325 Å². The molecule has 11 N–H and O–H groups in total. The zero-order valence-corrected chi connectivity index (χ0v) is 29.6. The van der Waals surface area contributed by atoms with Crippen LogP contribution in [0.25, 0.3) is 28.4 Å². The van der Waals surface area contributed by atoms with Gasteiger partial charge in [0, 0.05) is 23.8 Å². The number of methoxy groups -OCH3 is 1. The number of aliphatic hydroxyl groups is 6. The number of aliphatic hydroxyl groups excluding tert-OH is 6. The summed E-state index contributed by atoms with van der Waals surface area (Å²) in [5, 5.41) is 114. The number of ether oxygens (including phenoxy) is 6. The van der Waals surface area contributed by atoms with Gasteiger partial charge in [0.2, 0.25) is 17.5 Å². The summed E-state index contributed by atoms with van der Waals surface area (Å²) in [5.41, 5.74) is -1.12. The molecule has 4 aromatic rings. The molecule has 0 spiro atoms. The molecule has 2 fully saturated rings. The lowest BCUT2D eigenvalue weighted by molar-refractivity contribution is -0.358. The third kappa shape index (κ3) is 8.39. The van der Waals surface area contributed by atoms with Crippen molar-refractivity contribution in [2.45, 2.75) is 61.4 Å². The number of carbonyl (C=O) groups excluding carboxylic acids is 1. The fraction of sp³-hybridized carbons (Fsp3) is 0.351. The van der Waals surface area contributed by atoms with E-state index in [-0.39, 0.29) is 22.6 Å². The van der Waals surface area contributed by atoms with Gasteiger partial charge in [0.1, 0.15) is 71.8 Å². The summed E-state index contributed by atoms with van der Waals surface area (Å²) in [6.45, 7) is -1.63. The Bertz CT molecular complexity index is 2180.